The third-order valence-electron chi connectivity index (χ3n) is 9.41. The maximum Gasteiger partial charge on any atom is 0.319 e. The summed E-state index contributed by atoms with van der Waals surface area (Å²) in [7, 11) is 1.86. The van der Waals surface area contributed by atoms with Gasteiger partial charge in [0, 0.05) is 42.4 Å². The van der Waals surface area contributed by atoms with Gasteiger partial charge in [0.15, 0.2) is 0 Å². The van der Waals surface area contributed by atoms with Crippen LogP contribution in [0, 0.1) is 28.5 Å². The number of hydrogen-bond acceptors (Lipinski definition) is 10. The molecular weight excluding hydrogens is 608 g/mol. The first-order valence-electron chi connectivity index (χ1n) is 14.4. The van der Waals surface area contributed by atoms with E-state index in [-0.39, 0.29) is 61.0 Å². The normalized spacial score (nSPS) is 24.7. The van der Waals surface area contributed by atoms with Crippen LogP contribution < -0.4 is 15.4 Å². The fourth-order valence-electron chi connectivity index (χ4n) is 7.11. The van der Waals surface area contributed by atoms with Gasteiger partial charge in [0.25, 0.3) is 0 Å². The smallest absolute Gasteiger partial charge is 0.319 e. The summed E-state index contributed by atoms with van der Waals surface area (Å²) in [6.07, 6.45) is 1.91. The van der Waals surface area contributed by atoms with Gasteiger partial charge in [-0.3, -0.25) is 4.90 Å². The Morgan fingerprint density at radius 3 is 2.77 bits per heavy atom. The van der Waals surface area contributed by atoms with Crippen LogP contribution in [0.15, 0.2) is 18.2 Å². The largest absolute Gasteiger partial charge is 0.461 e. The summed E-state index contributed by atoms with van der Waals surface area (Å²) in [5.41, 5.74) is 6.81. The second-order valence-electron chi connectivity index (χ2n) is 12.0. The number of alkyl halides is 1. The molecule has 2 aromatic heterocycles. The predicted octanol–water partition coefficient (Wildman–Crippen LogP) is 5.54. The zero-order chi connectivity index (χ0) is 30.9. The Bertz CT molecular complexity index is 1920. The maximum atomic E-state index is 14.9. The molecule has 44 heavy (non-hydrogen) atoms. The lowest BCUT2D eigenvalue weighted by molar-refractivity contribution is 0.0748. The lowest BCUT2D eigenvalue weighted by Gasteiger charge is -2.39. The number of fused-ring (bicyclic) bond motifs is 3. The Morgan fingerprint density at radius 1 is 1.27 bits per heavy atom. The molecule has 0 amide bonds. The number of aliphatic hydroxyl groups excluding tert-OH is 1. The minimum atomic E-state index is -0.921. The summed E-state index contributed by atoms with van der Waals surface area (Å²) in [6.45, 7) is 1.39. The van der Waals surface area contributed by atoms with Gasteiger partial charge < -0.3 is 20.5 Å². The Morgan fingerprint density at radius 2 is 2.05 bits per heavy atom. The summed E-state index contributed by atoms with van der Waals surface area (Å²) < 4.78 is 35.7. The molecule has 7 rings (SSSR count). The van der Waals surface area contributed by atoms with E-state index in [4.69, 9.17) is 32.0 Å². The molecule has 2 aliphatic heterocycles. The molecule has 0 spiro atoms. The number of thiophene rings is 1. The van der Waals surface area contributed by atoms with Gasteiger partial charge in [-0.15, -0.1) is 11.3 Å². The third-order valence-corrected chi connectivity index (χ3v) is 10.7. The number of benzene rings is 2. The lowest BCUT2D eigenvalue weighted by Crippen LogP contribution is -2.46. The van der Waals surface area contributed by atoms with E-state index in [9.17, 15) is 24.4 Å². The number of nitrogens with zero attached hydrogens (tertiary/aromatic N) is 6. The standard InChI is InChI=1S/C31H28ClF2N7O2S/c1-40(16-7-17(42)8-16)29-19-9-22(32)24(18-3-4-23(34)27-25(18)21(12-36)28(37)44-27)20(11-35)26(19)38-30(39-29)43-14-31-5-2-6-41(31)13-15(33)10-31/h3-4,9,15-17,42H,2,5-8,10,13-14,37H2,1H3/t15-,16?,17?,31+/m1/s1. The fourth-order valence-corrected chi connectivity index (χ4v) is 8.36. The van der Waals surface area contributed by atoms with Crippen LogP contribution in [0.4, 0.5) is 19.6 Å². The molecule has 2 saturated heterocycles. The third kappa shape index (κ3) is 4.43. The second-order valence-corrected chi connectivity index (χ2v) is 13.4. The highest BCUT2D eigenvalue weighted by Crippen LogP contribution is 2.47. The van der Waals surface area contributed by atoms with Crippen molar-refractivity contribution in [3.05, 3.63) is 40.2 Å². The average molecular weight is 636 g/mol. The van der Waals surface area contributed by atoms with Crippen LogP contribution in [-0.4, -0.2) is 70.6 Å². The summed E-state index contributed by atoms with van der Waals surface area (Å²) in [6, 6.07) is 8.76. The van der Waals surface area contributed by atoms with Gasteiger partial charge in [-0.25, -0.2) is 8.78 Å². The van der Waals surface area contributed by atoms with Crippen LogP contribution in [-0.2, 0) is 0 Å². The Balaban J connectivity index is 1.42. The van der Waals surface area contributed by atoms with Crippen LogP contribution >= 0.6 is 22.9 Å². The van der Waals surface area contributed by atoms with Gasteiger partial charge in [0.05, 0.1) is 38.0 Å². The topological polar surface area (TPSA) is 135 Å². The molecule has 2 aromatic carbocycles. The summed E-state index contributed by atoms with van der Waals surface area (Å²) >= 11 is 7.87. The number of nitriles is 2. The number of rotatable bonds is 6. The van der Waals surface area contributed by atoms with Gasteiger partial charge in [-0.1, -0.05) is 17.7 Å². The molecule has 2 atom stereocenters. The molecular formula is C31H28ClF2N7O2S. The van der Waals surface area contributed by atoms with Gasteiger partial charge in [-0.2, -0.15) is 20.5 Å². The van der Waals surface area contributed by atoms with Crippen LogP contribution in [0.2, 0.25) is 5.02 Å². The summed E-state index contributed by atoms with van der Waals surface area (Å²) in [5.74, 6) is -0.0612. The van der Waals surface area contributed by atoms with Crippen LogP contribution in [0.1, 0.15) is 43.2 Å². The van der Waals surface area contributed by atoms with Crippen molar-refractivity contribution < 1.29 is 18.6 Å². The number of nitrogens with two attached hydrogens (primary N) is 1. The SMILES string of the molecule is CN(c1nc(OC[C@@]23CCCN2C[C@H](F)C3)nc2c(C#N)c(-c3ccc(F)c4sc(N)c(C#N)c34)c(Cl)cc12)C1CC(O)C1. The van der Waals surface area contributed by atoms with E-state index < -0.39 is 23.6 Å². The molecule has 4 heterocycles. The van der Waals surface area contributed by atoms with Crippen molar-refractivity contribution in [3.63, 3.8) is 0 Å². The maximum absolute atomic E-state index is 14.9. The van der Waals surface area contributed by atoms with Gasteiger partial charge >= 0.3 is 6.01 Å². The molecule has 0 radical (unpaired) electrons. The molecule has 9 nitrogen and oxygen atoms in total. The minimum absolute atomic E-state index is 0.00493. The van der Waals surface area contributed by atoms with Crippen LogP contribution in [0.5, 0.6) is 6.01 Å². The highest BCUT2D eigenvalue weighted by Gasteiger charge is 2.49. The Hall–Kier alpha value is -3.81. The molecule has 0 unspecified atom stereocenters. The molecule has 3 N–H and O–H groups in total. The van der Waals surface area contributed by atoms with Gasteiger partial charge in [0.2, 0.25) is 0 Å². The van der Waals surface area contributed by atoms with Gasteiger partial charge in [0.1, 0.15) is 41.6 Å². The van der Waals surface area contributed by atoms with Crippen molar-refractivity contribution in [2.45, 2.75) is 56.0 Å². The van der Waals surface area contributed by atoms with Crippen molar-refractivity contribution in [3.8, 4) is 29.3 Å². The summed E-state index contributed by atoms with van der Waals surface area (Å²) in [5, 5.41) is 31.6. The number of anilines is 2. The number of ether oxygens (including phenoxy) is 1. The number of halogens is 3. The minimum Gasteiger partial charge on any atom is -0.461 e. The van der Waals surface area contributed by atoms with Crippen molar-refractivity contribution in [1.29, 1.82) is 10.5 Å². The predicted molar refractivity (Wildman–Crippen MR) is 165 cm³/mol. The molecule has 3 fully saturated rings. The van der Waals surface area contributed by atoms with Crippen LogP contribution in [0.25, 0.3) is 32.1 Å². The molecule has 3 aliphatic rings. The van der Waals surface area contributed by atoms with E-state index in [1.165, 1.54) is 12.1 Å². The van der Waals surface area contributed by atoms with E-state index in [2.05, 4.69) is 17.0 Å². The zero-order valence-corrected chi connectivity index (χ0v) is 25.4. The van der Waals surface area contributed by atoms with Crippen molar-refractivity contribution >= 4 is 54.7 Å². The first kappa shape index (κ1) is 28.9. The molecule has 4 aromatic rings. The first-order valence-corrected chi connectivity index (χ1v) is 15.6. The van der Waals surface area contributed by atoms with Gasteiger partial charge in [-0.05, 0) is 49.9 Å². The first-order chi connectivity index (χ1) is 21.1. The number of nitrogen functional groups attached to an aromatic ring is 1. The Labute approximate surface area is 261 Å². The fraction of sp³-hybridized carbons (Fsp3) is 0.419. The van der Waals surface area contributed by atoms with E-state index in [1.807, 2.05) is 11.9 Å². The van der Waals surface area contributed by atoms with E-state index in [0.717, 1.165) is 30.7 Å². The Kier molecular flexibility index (Phi) is 7.02. The highest BCUT2D eigenvalue weighted by atomic mass is 35.5. The molecule has 226 valence electrons. The molecule has 1 aliphatic carbocycles. The van der Waals surface area contributed by atoms with E-state index >= 15 is 0 Å². The number of aliphatic hydroxyl groups is 1. The quantitative estimate of drug-likeness (QED) is 0.280. The average Bonchev–Trinajstić information content (AvgIpc) is 3.63. The monoisotopic (exact) mass is 635 g/mol. The van der Waals surface area contributed by atoms with Crippen molar-refractivity contribution in [2.75, 3.05) is 37.4 Å². The zero-order valence-electron chi connectivity index (χ0n) is 23.8. The molecule has 0 bridgehead atoms. The van der Waals surface area contributed by atoms with E-state index in [0.29, 0.717) is 42.6 Å². The molecule has 1 saturated carbocycles. The van der Waals surface area contributed by atoms with Crippen molar-refractivity contribution in [1.82, 2.24) is 14.9 Å². The van der Waals surface area contributed by atoms with E-state index in [1.54, 1.807) is 6.07 Å². The summed E-state index contributed by atoms with van der Waals surface area (Å²) in [4.78, 5) is 13.5. The number of hydrogen-bond donors (Lipinski definition) is 2. The highest BCUT2D eigenvalue weighted by molar-refractivity contribution is 7.23. The number of aromatic nitrogens is 2. The van der Waals surface area contributed by atoms with Crippen molar-refractivity contribution in [2.24, 2.45) is 0 Å². The van der Waals surface area contributed by atoms with Crippen LogP contribution in [0.3, 0.4) is 0 Å². The molecule has 13 heteroatoms. The second kappa shape index (κ2) is 10.7. The lowest BCUT2D eigenvalue weighted by atomic mass is 9.88.